The molecule has 1 aliphatic rings. The van der Waals surface area contributed by atoms with E-state index < -0.39 is 0 Å². The first-order chi connectivity index (χ1) is 9.99. The fourth-order valence-corrected chi connectivity index (χ4v) is 3.02. The molecule has 0 spiro atoms. The Labute approximate surface area is 132 Å². The van der Waals surface area contributed by atoms with E-state index in [1.807, 2.05) is 24.9 Å². The van der Waals surface area contributed by atoms with Crippen LogP contribution in [0.3, 0.4) is 0 Å². The average molecular weight is 310 g/mol. The third kappa shape index (κ3) is 4.42. The standard InChI is InChI=1S/C16H24ClN3O/c1-4-14-9-13(10-15(17)18-14)16(21)20(3)11-12-5-7-19(2)8-6-12/h9-10,12H,4-8,11H2,1-3H3. The monoisotopic (exact) mass is 309 g/mol. The molecule has 0 radical (unpaired) electrons. The third-order valence-corrected chi connectivity index (χ3v) is 4.37. The lowest BCUT2D eigenvalue weighted by Gasteiger charge is -2.31. The molecule has 4 nitrogen and oxygen atoms in total. The Kier molecular flexibility index (Phi) is 5.59. The number of hydrogen-bond acceptors (Lipinski definition) is 3. The number of amides is 1. The van der Waals surface area contributed by atoms with Crippen LogP contribution < -0.4 is 0 Å². The first-order valence-electron chi connectivity index (χ1n) is 7.60. The van der Waals surface area contributed by atoms with E-state index in [0.29, 0.717) is 16.6 Å². The van der Waals surface area contributed by atoms with E-state index in [0.717, 1.165) is 44.6 Å². The summed E-state index contributed by atoms with van der Waals surface area (Å²) in [5, 5.41) is 0.394. The largest absolute Gasteiger partial charge is 0.341 e. The summed E-state index contributed by atoms with van der Waals surface area (Å²) in [6.07, 6.45) is 3.09. The third-order valence-electron chi connectivity index (χ3n) is 4.17. The number of pyridine rings is 1. The van der Waals surface area contributed by atoms with Crippen molar-refractivity contribution in [2.24, 2.45) is 5.92 Å². The van der Waals surface area contributed by atoms with E-state index >= 15 is 0 Å². The molecule has 1 amide bonds. The summed E-state index contributed by atoms with van der Waals surface area (Å²) >= 11 is 6.00. The van der Waals surface area contributed by atoms with E-state index in [1.54, 1.807) is 6.07 Å². The Hall–Kier alpha value is -1.13. The minimum Gasteiger partial charge on any atom is -0.341 e. The molecule has 0 N–H and O–H groups in total. The Morgan fingerprint density at radius 1 is 1.43 bits per heavy atom. The number of carbonyl (C=O) groups is 1. The zero-order valence-corrected chi connectivity index (χ0v) is 13.9. The lowest BCUT2D eigenvalue weighted by molar-refractivity contribution is 0.0747. The van der Waals surface area contributed by atoms with Gasteiger partial charge >= 0.3 is 0 Å². The Balaban J connectivity index is 2.00. The van der Waals surface area contributed by atoms with Gasteiger partial charge in [-0.1, -0.05) is 18.5 Å². The number of carbonyl (C=O) groups excluding carboxylic acids is 1. The van der Waals surface area contributed by atoms with Crippen LogP contribution in [0, 0.1) is 5.92 Å². The molecule has 0 aromatic carbocycles. The van der Waals surface area contributed by atoms with Crippen LogP contribution in [0.25, 0.3) is 0 Å². The topological polar surface area (TPSA) is 36.4 Å². The van der Waals surface area contributed by atoms with Crippen molar-refractivity contribution in [2.75, 3.05) is 33.7 Å². The SMILES string of the molecule is CCc1cc(C(=O)N(C)CC2CCN(C)CC2)cc(Cl)n1. The fourth-order valence-electron chi connectivity index (χ4n) is 2.79. The molecular formula is C16H24ClN3O. The zero-order valence-electron chi connectivity index (χ0n) is 13.1. The molecule has 1 aromatic rings. The van der Waals surface area contributed by atoms with Crippen molar-refractivity contribution in [3.05, 3.63) is 28.5 Å². The Bertz CT molecular complexity index is 498. The van der Waals surface area contributed by atoms with Crippen molar-refractivity contribution in [2.45, 2.75) is 26.2 Å². The predicted octanol–water partition coefficient (Wildman–Crippen LogP) is 2.71. The van der Waals surface area contributed by atoms with Crippen LogP contribution in [0.15, 0.2) is 12.1 Å². The van der Waals surface area contributed by atoms with Gasteiger partial charge in [-0.05, 0) is 57.5 Å². The van der Waals surface area contributed by atoms with Gasteiger partial charge in [0.15, 0.2) is 0 Å². The summed E-state index contributed by atoms with van der Waals surface area (Å²) in [6, 6.07) is 3.51. The smallest absolute Gasteiger partial charge is 0.253 e. The lowest BCUT2D eigenvalue weighted by Crippen LogP contribution is -2.38. The van der Waals surface area contributed by atoms with Crippen LogP contribution in [-0.4, -0.2) is 54.4 Å². The maximum atomic E-state index is 12.5. The van der Waals surface area contributed by atoms with Gasteiger partial charge in [-0.2, -0.15) is 0 Å². The van der Waals surface area contributed by atoms with Crippen LogP contribution in [0.5, 0.6) is 0 Å². The summed E-state index contributed by atoms with van der Waals surface area (Å²) in [5.74, 6) is 0.631. The van der Waals surface area contributed by atoms with E-state index in [-0.39, 0.29) is 5.91 Å². The summed E-state index contributed by atoms with van der Waals surface area (Å²) < 4.78 is 0. The highest BCUT2D eigenvalue weighted by atomic mass is 35.5. The lowest BCUT2D eigenvalue weighted by atomic mass is 9.96. The van der Waals surface area contributed by atoms with Crippen molar-refractivity contribution in [1.82, 2.24) is 14.8 Å². The fraction of sp³-hybridized carbons (Fsp3) is 0.625. The average Bonchev–Trinajstić information content (AvgIpc) is 2.48. The number of halogens is 1. The van der Waals surface area contributed by atoms with Crippen molar-refractivity contribution in [3.8, 4) is 0 Å². The minimum atomic E-state index is 0.0351. The molecule has 116 valence electrons. The number of aryl methyl sites for hydroxylation is 1. The second kappa shape index (κ2) is 7.23. The Morgan fingerprint density at radius 3 is 2.71 bits per heavy atom. The van der Waals surface area contributed by atoms with Gasteiger partial charge in [-0.3, -0.25) is 4.79 Å². The molecule has 0 saturated carbocycles. The zero-order chi connectivity index (χ0) is 15.4. The van der Waals surface area contributed by atoms with Gasteiger partial charge in [0.2, 0.25) is 0 Å². The summed E-state index contributed by atoms with van der Waals surface area (Å²) in [5.41, 5.74) is 1.50. The maximum Gasteiger partial charge on any atom is 0.253 e. The van der Waals surface area contributed by atoms with Crippen LogP contribution >= 0.6 is 11.6 Å². The van der Waals surface area contributed by atoms with Gasteiger partial charge in [0, 0.05) is 24.8 Å². The molecule has 21 heavy (non-hydrogen) atoms. The summed E-state index contributed by atoms with van der Waals surface area (Å²) in [4.78, 5) is 20.9. The van der Waals surface area contributed by atoms with E-state index in [2.05, 4.69) is 16.9 Å². The normalized spacial score (nSPS) is 17.0. The van der Waals surface area contributed by atoms with E-state index in [9.17, 15) is 4.79 Å². The maximum absolute atomic E-state index is 12.5. The number of aromatic nitrogens is 1. The molecule has 2 heterocycles. The van der Waals surface area contributed by atoms with Crippen molar-refractivity contribution < 1.29 is 4.79 Å². The van der Waals surface area contributed by atoms with Crippen molar-refractivity contribution in [1.29, 1.82) is 0 Å². The van der Waals surface area contributed by atoms with Crippen LogP contribution in [-0.2, 0) is 6.42 Å². The molecule has 0 unspecified atom stereocenters. The summed E-state index contributed by atoms with van der Waals surface area (Å²) in [6.45, 7) is 5.06. The number of likely N-dealkylation sites (tertiary alicyclic amines) is 1. The van der Waals surface area contributed by atoms with Gasteiger partial charge in [0.1, 0.15) is 5.15 Å². The number of rotatable bonds is 4. The van der Waals surface area contributed by atoms with Gasteiger partial charge in [0.25, 0.3) is 5.91 Å². The van der Waals surface area contributed by atoms with Crippen molar-refractivity contribution in [3.63, 3.8) is 0 Å². The molecular weight excluding hydrogens is 286 g/mol. The first kappa shape index (κ1) is 16.2. The number of piperidine rings is 1. The van der Waals surface area contributed by atoms with Crippen molar-refractivity contribution >= 4 is 17.5 Å². The molecule has 5 heteroatoms. The molecule has 0 atom stereocenters. The van der Waals surface area contributed by atoms with Crippen LogP contribution in [0.4, 0.5) is 0 Å². The highest BCUT2D eigenvalue weighted by Crippen LogP contribution is 2.19. The molecule has 2 rings (SSSR count). The van der Waals surface area contributed by atoms with E-state index in [1.165, 1.54) is 0 Å². The molecule has 1 aromatic heterocycles. The van der Waals surface area contributed by atoms with Gasteiger partial charge in [-0.25, -0.2) is 4.98 Å². The molecule has 0 aliphatic carbocycles. The summed E-state index contributed by atoms with van der Waals surface area (Å²) in [7, 11) is 4.02. The quantitative estimate of drug-likeness (QED) is 0.802. The molecule has 0 bridgehead atoms. The first-order valence-corrected chi connectivity index (χ1v) is 7.98. The van der Waals surface area contributed by atoms with Crippen LogP contribution in [0.2, 0.25) is 5.15 Å². The van der Waals surface area contributed by atoms with Gasteiger partial charge < -0.3 is 9.80 Å². The Morgan fingerprint density at radius 2 is 2.10 bits per heavy atom. The molecule has 1 fully saturated rings. The van der Waals surface area contributed by atoms with Crippen LogP contribution in [0.1, 0.15) is 35.8 Å². The van der Waals surface area contributed by atoms with E-state index in [4.69, 9.17) is 11.6 Å². The van der Waals surface area contributed by atoms with Gasteiger partial charge in [-0.15, -0.1) is 0 Å². The highest BCUT2D eigenvalue weighted by Gasteiger charge is 2.21. The number of nitrogens with zero attached hydrogens (tertiary/aromatic N) is 3. The molecule has 1 aliphatic heterocycles. The predicted molar refractivity (Wildman–Crippen MR) is 85.8 cm³/mol. The molecule has 1 saturated heterocycles. The second-order valence-corrected chi connectivity index (χ2v) is 6.34. The minimum absolute atomic E-state index is 0.0351. The number of hydrogen-bond donors (Lipinski definition) is 0. The van der Waals surface area contributed by atoms with Gasteiger partial charge in [0.05, 0.1) is 0 Å². The highest BCUT2D eigenvalue weighted by molar-refractivity contribution is 6.29. The second-order valence-electron chi connectivity index (χ2n) is 5.96.